The molecule has 0 saturated carbocycles. The van der Waals surface area contributed by atoms with Gasteiger partial charge in [0.25, 0.3) is 0 Å². The summed E-state index contributed by atoms with van der Waals surface area (Å²) < 4.78 is 18.3. The second-order valence-electron chi connectivity index (χ2n) is 8.84. The molecule has 0 aliphatic carbocycles. The largest absolute Gasteiger partial charge is 0.495 e. The first kappa shape index (κ1) is 26.2. The number of carbonyl (C=O) groups is 1. The highest BCUT2D eigenvalue weighted by Crippen LogP contribution is 2.44. The Kier molecular flexibility index (Phi) is 7.76. The second kappa shape index (κ2) is 11.5. The first-order valence-corrected chi connectivity index (χ1v) is 12.7. The molecule has 39 heavy (non-hydrogen) atoms. The van der Waals surface area contributed by atoms with Crippen LogP contribution in [0.15, 0.2) is 85.2 Å². The molecule has 9 nitrogen and oxygen atoms in total. The lowest BCUT2D eigenvalue weighted by Gasteiger charge is -2.29. The normalized spacial score (nSPS) is 16.6. The molecule has 0 bridgehead atoms. The summed E-state index contributed by atoms with van der Waals surface area (Å²) in [4.78, 5) is 19.1. The number of nitrogens with one attached hydrogen (secondary N) is 2. The topological polar surface area (TPSA) is 89.9 Å². The number of nitrogens with zero attached hydrogens (tertiary/aromatic N) is 3. The minimum atomic E-state index is -0.289. The van der Waals surface area contributed by atoms with E-state index in [1.807, 2.05) is 77.8 Å². The zero-order valence-electron chi connectivity index (χ0n) is 21.8. The maximum atomic E-state index is 12.4. The maximum Gasteiger partial charge on any atom is 0.250 e. The number of methoxy groups -OCH3 is 3. The van der Waals surface area contributed by atoms with Crippen molar-refractivity contribution in [2.24, 2.45) is 0 Å². The van der Waals surface area contributed by atoms with Gasteiger partial charge in [-0.15, -0.1) is 0 Å². The van der Waals surface area contributed by atoms with Crippen molar-refractivity contribution in [2.75, 3.05) is 38.2 Å². The molecule has 2 aromatic carbocycles. The number of rotatable bonds is 9. The van der Waals surface area contributed by atoms with Gasteiger partial charge in [0.05, 0.1) is 37.3 Å². The van der Waals surface area contributed by atoms with Crippen molar-refractivity contribution in [3.63, 3.8) is 0 Å². The number of carbonyl (C=O) groups excluding carboxylic acids is 1. The van der Waals surface area contributed by atoms with Crippen LogP contribution in [0.4, 0.5) is 11.4 Å². The standard InChI is InChI=1S/C29H29N5O4S/c1-36-18-26(35)31-21-17-19(13-14-24(21)37-2)34-28(27(32-29(34)39)20-9-6-7-15-30-20)23-11-8-16-33(23)22-10-4-5-12-25(22)38-3/h4-17,27-28H,18H2,1-3H3,(H,31,35)(H,32,39)/t27-,28+/m1/s1. The SMILES string of the molecule is COCC(=O)Nc1cc(N2C(=S)N[C@H](c3ccccn3)[C@@H]2c2cccn2-c2ccccc2OC)ccc1OC. The predicted octanol–water partition coefficient (Wildman–Crippen LogP) is 4.65. The highest BCUT2D eigenvalue weighted by Gasteiger charge is 2.42. The van der Waals surface area contributed by atoms with Crippen molar-refractivity contribution in [1.29, 1.82) is 0 Å². The van der Waals surface area contributed by atoms with Crippen LogP contribution in [0.3, 0.4) is 0 Å². The zero-order chi connectivity index (χ0) is 27.4. The average molecular weight is 544 g/mol. The summed E-state index contributed by atoms with van der Waals surface area (Å²) in [5.74, 6) is 0.983. The lowest BCUT2D eigenvalue weighted by molar-refractivity contribution is -0.119. The zero-order valence-corrected chi connectivity index (χ0v) is 22.6. The number of amides is 1. The van der Waals surface area contributed by atoms with Gasteiger partial charge in [0.1, 0.15) is 24.1 Å². The fourth-order valence-corrected chi connectivity index (χ4v) is 5.22. The summed E-state index contributed by atoms with van der Waals surface area (Å²) in [6.07, 6.45) is 3.78. The van der Waals surface area contributed by atoms with Crippen molar-refractivity contribution in [2.45, 2.75) is 12.1 Å². The van der Waals surface area contributed by atoms with E-state index in [4.69, 9.17) is 26.4 Å². The van der Waals surface area contributed by atoms with Gasteiger partial charge >= 0.3 is 0 Å². The Morgan fingerprint density at radius 1 is 1.00 bits per heavy atom. The molecule has 3 heterocycles. The van der Waals surface area contributed by atoms with Gasteiger partial charge in [0.2, 0.25) is 5.91 Å². The van der Waals surface area contributed by atoms with Crippen LogP contribution in [-0.4, -0.2) is 48.5 Å². The molecule has 0 unspecified atom stereocenters. The maximum absolute atomic E-state index is 12.4. The quantitative estimate of drug-likeness (QED) is 0.295. The molecule has 1 amide bonds. The monoisotopic (exact) mass is 543 g/mol. The molecule has 1 fully saturated rings. The number of pyridine rings is 1. The molecule has 4 aromatic rings. The van der Waals surface area contributed by atoms with Gasteiger partial charge in [-0.3, -0.25) is 9.78 Å². The van der Waals surface area contributed by atoms with E-state index in [-0.39, 0.29) is 24.6 Å². The van der Waals surface area contributed by atoms with E-state index >= 15 is 0 Å². The van der Waals surface area contributed by atoms with Crippen molar-refractivity contribution in [3.8, 4) is 17.2 Å². The third-order valence-electron chi connectivity index (χ3n) is 6.54. The Hall–Kier alpha value is -4.41. The molecule has 10 heteroatoms. The number of hydrogen-bond donors (Lipinski definition) is 2. The summed E-state index contributed by atoms with van der Waals surface area (Å²) >= 11 is 5.91. The van der Waals surface area contributed by atoms with Crippen LogP contribution in [-0.2, 0) is 9.53 Å². The lowest BCUT2D eigenvalue weighted by atomic mass is 10.0. The van der Waals surface area contributed by atoms with Gasteiger partial charge in [-0.1, -0.05) is 18.2 Å². The van der Waals surface area contributed by atoms with E-state index in [9.17, 15) is 4.79 Å². The van der Waals surface area contributed by atoms with E-state index in [1.165, 1.54) is 7.11 Å². The minimum Gasteiger partial charge on any atom is -0.495 e. The van der Waals surface area contributed by atoms with E-state index in [2.05, 4.69) is 26.3 Å². The molecule has 0 radical (unpaired) electrons. The molecule has 0 spiro atoms. The molecule has 1 saturated heterocycles. The number of ether oxygens (including phenoxy) is 3. The number of hydrogen-bond acceptors (Lipinski definition) is 6. The Bertz CT molecular complexity index is 1480. The van der Waals surface area contributed by atoms with Gasteiger partial charge in [-0.25, -0.2) is 0 Å². The van der Waals surface area contributed by atoms with Gasteiger partial charge in [0, 0.05) is 30.9 Å². The number of anilines is 2. The first-order chi connectivity index (χ1) is 19.0. The van der Waals surface area contributed by atoms with Crippen LogP contribution >= 0.6 is 12.2 Å². The molecule has 5 rings (SSSR count). The predicted molar refractivity (Wildman–Crippen MR) is 154 cm³/mol. The molecular weight excluding hydrogens is 514 g/mol. The molecule has 200 valence electrons. The first-order valence-electron chi connectivity index (χ1n) is 12.3. The summed E-state index contributed by atoms with van der Waals surface area (Å²) in [5, 5.41) is 6.89. The molecule has 1 aliphatic heterocycles. The van der Waals surface area contributed by atoms with Crippen molar-refractivity contribution >= 4 is 34.6 Å². The second-order valence-corrected chi connectivity index (χ2v) is 9.22. The number of aromatic nitrogens is 2. The molecule has 2 aromatic heterocycles. The van der Waals surface area contributed by atoms with Gasteiger partial charge in [0.15, 0.2) is 5.11 Å². The average Bonchev–Trinajstić information content (AvgIpc) is 3.57. The summed E-state index contributed by atoms with van der Waals surface area (Å²) in [6.45, 7) is -0.0755. The van der Waals surface area contributed by atoms with Crippen molar-refractivity contribution in [1.82, 2.24) is 14.9 Å². The Morgan fingerprint density at radius 2 is 1.79 bits per heavy atom. The van der Waals surface area contributed by atoms with Gasteiger partial charge in [-0.05, 0) is 66.8 Å². The fraction of sp³-hybridized carbons (Fsp3) is 0.207. The Morgan fingerprint density at radius 3 is 2.54 bits per heavy atom. The highest BCUT2D eigenvalue weighted by atomic mass is 32.1. The molecular formula is C29H29N5O4S. The third-order valence-corrected chi connectivity index (χ3v) is 6.85. The minimum absolute atomic E-state index is 0.0755. The number of thiocarbonyl (C=S) groups is 1. The van der Waals surface area contributed by atoms with E-state index in [0.717, 1.165) is 28.5 Å². The fourth-order valence-electron chi connectivity index (χ4n) is 4.88. The van der Waals surface area contributed by atoms with Crippen LogP contribution in [0, 0.1) is 0 Å². The van der Waals surface area contributed by atoms with Crippen LogP contribution in [0.25, 0.3) is 5.69 Å². The molecule has 1 aliphatic rings. The van der Waals surface area contributed by atoms with Crippen LogP contribution in [0.1, 0.15) is 23.5 Å². The summed E-state index contributed by atoms with van der Waals surface area (Å²) in [6, 6.07) is 22.8. The third kappa shape index (κ3) is 5.16. The molecule has 2 atom stereocenters. The lowest BCUT2D eigenvalue weighted by Crippen LogP contribution is -2.30. The Balaban J connectivity index is 1.64. The van der Waals surface area contributed by atoms with E-state index in [0.29, 0.717) is 16.5 Å². The summed E-state index contributed by atoms with van der Waals surface area (Å²) in [5.41, 5.74) is 4.02. The summed E-state index contributed by atoms with van der Waals surface area (Å²) in [7, 11) is 4.69. The Labute approximate surface area is 232 Å². The molecule has 2 N–H and O–H groups in total. The number of para-hydroxylation sites is 2. The van der Waals surface area contributed by atoms with Gasteiger partial charge in [-0.2, -0.15) is 0 Å². The van der Waals surface area contributed by atoms with E-state index < -0.39 is 0 Å². The number of benzene rings is 2. The van der Waals surface area contributed by atoms with E-state index in [1.54, 1.807) is 20.4 Å². The highest BCUT2D eigenvalue weighted by molar-refractivity contribution is 7.80. The smallest absolute Gasteiger partial charge is 0.250 e. The van der Waals surface area contributed by atoms with Crippen molar-refractivity contribution in [3.05, 3.63) is 96.6 Å². The van der Waals surface area contributed by atoms with Crippen LogP contribution in [0.2, 0.25) is 0 Å². The van der Waals surface area contributed by atoms with Crippen LogP contribution in [0.5, 0.6) is 11.5 Å². The van der Waals surface area contributed by atoms with Crippen molar-refractivity contribution < 1.29 is 19.0 Å². The van der Waals surface area contributed by atoms with Gasteiger partial charge < -0.3 is 34.3 Å². The van der Waals surface area contributed by atoms with Crippen LogP contribution < -0.4 is 25.0 Å².